The third-order valence-electron chi connectivity index (χ3n) is 6.97. The van der Waals surface area contributed by atoms with E-state index in [0.717, 1.165) is 30.5 Å². The largest absolute Gasteiger partial charge is 0.493 e. The van der Waals surface area contributed by atoms with Gasteiger partial charge in [-0.2, -0.15) is 10.4 Å². The second-order valence-corrected chi connectivity index (χ2v) is 10.4. The summed E-state index contributed by atoms with van der Waals surface area (Å²) in [5, 5.41) is 17.0. The fraction of sp³-hybridized carbons (Fsp3) is 0.483. The number of anilines is 2. The molecule has 2 heterocycles. The molecule has 1 unspecified atom stereocenters. The predicted octanol–water partition coefficient (Wildman–Crippen LogP) is 5.85. The Balaban J connectivity index is 1.56. The van der Waals surface area contributed by atoms with E-state index in [-0.39, 0.29) is 18.0 Å². The Labute approximate surface area is 224 Å². The summed E-state index contributed by atoms with van der Waals surface area (Å²) in [4.78, 5) is 24.3. The van der Waals surface area contributed by atoms with Crippen LogP contribution in [-0.2, 0) is 0 Å². The molecular formula is C29H37N7O2. The van der Waals surface area contributed by atoms with Gasteiger partial charge in [-0.15, -0.1) is 0 Å². The third-order valence-corrected chi connectivity index (χ3v) is 6.97. The molecule has 2 atom stereocenters. The quantitative estimate of drug-likeness (QED) is 0.322. The molecule has 1 aliphatic rings. The normalized spacial score (nSPS) is 14.6. The number of methoxy groups -OCH3 is 1. The van der Waals surface area contributed by atoms with Crippen molar-refractivity contribution in [2.24, 2.45) is 11.8 Å². The van der Waals surface area contributed by atoms with Crippen LogP contribution in [0.3, 0.4) is 0 Å². The van der Waals surface area contributed by atoms with E-state index < -0.39 is 0 Å². The molecule has 0 bridgehead atoms. The maximum atomic E-state index is 13.3. The van der Waals surface area contributed by atoms with Crippen molar-refractivity contribution in [1.82, 2.24) is 24.6 Å². The summed E-state index contributed by atoms with van der Waals surface area (Å²) in [6.45, 7) is 9.11. The second kappa shape index (κ2) is 12.1. The summed E-state index contributed by atoms with van der Waals surface area (Å²) in [7, 11) is 1.58. The lowest BCUT2D eigenvalue weighted by atomic mass is 10.0. The van der Waals surface area contributed by atoms with Gasteiger partial charge in [-0.05, 0) is 63.1 Å². The van der Waals surface area contributed by atoms with Crippen LogP contribution < -0.4 is 10.1 Å². The van der Waals surface area contributed by atoms with E-state index in [1.54, 1.807) is 19.5 Å². The van der Waals surface area contributed by atoms with Crippen LogP contribution in [0.5, 0.6) is 5.75 Å². The van der Waals surface area contributed by atoms with Gasteiger partial charge in [-0.25, -0.2) is 9.97 Å². The minimum atomic E-state index is 0.00985. The number of carbonyl (C=O) groups excluding carboxylic acids is 1. The van der Waals surface area contributed by atoms with E-state index in [0.29, 0.717) is 47.8 Å². The zero-order valence-electron chi connectivity index (χ0n) is 22.9. The molecule has 3 aromatic rings. The van der Waals surface area contributed by atoms with E-state index in [4.69, 9.17) is 9.72 Å². The molecule has 9 heteroatoms. The summed E-state index contributed by atoms with van der Waals surface area (Å²) < 4.78 is 7.40. The van der Waals surface area contributed by atoms with E-state index in [1.807, 2.05) is 47.0 Å². The number of carbonyl (C=O) groups is 1. The monoisotopic (exact) mass is 515 g/mol. The first-order valence-corrected chi connectivity index (χ1v) is 13.3. The number of amides is 1. The molecule has 9 nitrogen and oxygen atoms in total. The number of benzene rings is 1. The summed E-state index contributed by atoms with van der Waals surface area (Å²) in [6, 6.07) is 9.93. The Hall–Kier alpha value is -3.93. The van der Waals surface area contributed by atoms with Crippen LogP contribution in [0.2, 0.25) is 0 Å². The third kappa shape index (κ3) is 6.31. The number of rotatable bonds is 12. The van der Waals surface area contributed by atoms with Crippen molar-refractivity contribution in [1.29, 1.82) is 5.26 Å². The fourth-order valence-corrected chi connectivity index (χ4v) is 4.97. The topological polar surface area (TPSA) is 109 Å². The van der Waals surface area contributed by atoms with Gasteiger partial charge in [-0.3, -0.25) is 9.48 Å². The van der Waals surface area contributed by atoms with Crippen LogP contribution in [-0.4, -0.2) is 50.3 Å². The SMILES string of the molecule is CCN(C(=O)c1cccc(Nc2ncc(OC)c(-c3cnn(C(CC#N)C4CC4)c3)n2)c1)[C@@H](C)CC(C)C. The fourth-order valence-electron chi connectivity index (χ4n) is 4.97. The van der Waals surface area contributed by atoms with Crippen molar-refractivity contribution in [3.05, 3.63) is 48.4 Å². The van der Waals surface area contributed by atoms with Crippen LogP contribution in [0.4, 0.5) is 11.6 Å². The molecule has 1 aliphatic carbocycles. The van der Waals surface area contributed by atoms with Gasteiger partial charge >= 0.3 is 0 Å². The van der Waals surface area contributed by atoms with Crippen LogP contribution in [0.25, 0.3) is 11.3 Å². The first-order chi connectivity index (χ1) is 18.3. The molecular weight excluding hydrogens is 478 g/mol. The van der Waals surface area contributed by atoms with Gasteiger partial charge in [0.05, 0.1) is 38.0 Å². The van der Waals surface area contributed by atoms with Crippen molar-refractivity contribution >= 4 is 17.5 Å². The molecule has 0 saturated heterocycles. The highest BCUT2D eigenvalue weighted by molar-refractivity contribution is 5.95. The van der Waals surface area contributed by atoms with Crippen molar-refractivity contribution in [2.75, 3.05) is 19.0 Å². The molecule has 1 saturated carbocycles. The van der Waals surface area contributed by atoms with Gasteiger partial charge in [0.2, 0.25) is 5.95 Å². The van der Waals surface area contributed by atoms with Crippen molar-refractivity contribution in [3.8, 4) is 23.1 Å². The Kier molecular flexibility index (Phi) is 8.62. The first-order valence-electron chi connectivity index (χ1n) is 13.3. The second-order valence-electron chi connectivity index (χ2n) is 10.4. The molecule has 2 aromatic heterocycles. The lowest BCUT2D eigenvalue weighted by Crippen LogP contribution is -2.39. The van der Waals surface area contributed by atoms with E-state index in [9.17, 15) is 10.1 Å². The van der Waals surface area contributed by atoms with Gasteiger partial charge in [0, 0.05) is 35.6 Å². The molecule has 0 spiro atoms. The molecule has 1 fully saturated rings. The molecule has 0 radical (unpaired) electrons. The molecule has 1 N–H and O–H groups in total. The number of hydrogen-bond acceptors (Lipinski definition) is 7. The minimum Gasteiger partial charge on any atom is -0.493 e. The summed E-state index contributed by atoms with van der Waals surface area (Å²) in [5.74, 6) is 1.93. The Morgan fingerprint density at radius 2 is 2.08 bits per heavy atom. The zero-order chi connectivity index (χ0) is 27.2. The number of hydrogen-bond donors (Lipinski definition) is 1. The standard InChI is InChI=1S/C29H37N7O2/c1-6-35(20(4)14-19(2)3)28(37)22-8-7-9-24(15-22)33-29-31-17-26(38-5)27(34-29)23-16-32-36(18-23)25(12-13-30)21-10-11-21/h7-9,15-21,25H,6,10-12,14H2,1-5H3,(H,31,33,34)/t20-,25?/m0/s1. The lowest BCUT2D eigenvalue weighted by molar-refractivity contribution is 0.0685. The van der Waals surface area contributed by atoms with Crippen molar-refractivity contribution in [3.63, 3.8) is 0 Å². The summed E-state index contributed by atoms with van der Waals surface area (Å²) >= 11 is 0. The minimum absolute atomic E-state index is 0.00985. The number of nitrogens with zero attached hydrogens (tertiary/aromatic N) is 6. The molecule has 0 aliphatic heterocycles. The number of ether oxygens (including phenoxy) is 1. The van der Waals surface area contributed by atoms with E-state index in [2.05, 4.69) is 42.2 Å². The smallest absolute Gasteiger partial charge is 0.254 e. The van der Waals surface area contributed by atoms with Crippen LogP contribution in [0.1, 0.15) is 69.8 Å². The first kappa shape index (κ1) is 27.1. The van der Waals surface area contributed by atoms with Gasteiger partial charge in [0.1, 0.15) is 5.69 Å². The average Bonchev–Trinajstić information content (AvgIpc) is 3.63. The molecule has 1 aromatic carbocycles. The van der Waals surface area contributed by atoms with Crippen molar-refractivity contribution in [2.45, 2.75) is 65.5 Å². The van der Waals surface area contributed by atoms with E-state index >= 15 is 0 Å². The summed E-state index contributed by atoms with van der Waals surface area (Å²) in [6.07, 6.45) is 8.93. The summed E-state index contributed by atoms with van der Waals surface area (Å²) in [5.41, 5.74) is 2.73. The number of nitriles is 1. The van der Waals surface area contributed by atoms with Crippen molar-refractivity contribution < 1.29 is 9.53 Å². The highest BCUT2D eigenvalue weighted by Gasteiger charge is 2.33. The molecule has 38 heavy (non-hydrogen) atoms. The van der Waals surface area contributed by atoms with Crippen LogP contribution >= 0.6 is 0 Å². The predicted molar refractivity (Wildman–Crippen MR) is 147 cm³/mol. The lowest BCUT2D eigenvalue weighted by Gasteiger charge is -2.29. The molecule has 200 valence electrons. The molecule has 4 rings (SSSR count). The Morgan fingerprint density at radius 3 is 2.74 bits per heavy atom. The maximum absolute atomic E-state index is 13.3. The van der Waals surface area contributed by atoms with Gasteiger partial charge in [0.15, 0.2) is 5.75 Å². The van der Waals surface area contributed by atoms with Crippen LogP contribution in [0, 0.1) is 23.2 Å². The highest BCUT2D eigenvalue weighted by Crippen LogP contribution is 2.41. The average molecular weight is 516 g/mol. The zero-order valence-corrected chi connectivity index (χ0v) is 22.9. The van der Waals surface area contributed by atoms with Gasteiger partial charge in [-0.1, -0.05) is 19.9 Å². The molecule has 1 amide bonds. The Morgan fingerprint density at radius 1 is 1.29 bits per heavy atom. The number of aromatic nitrogens is 4. The maximum Gasteiger partial charge on any atom is 0.254 e. The van der Waals surface area contributed by atoms with Crippen LogP contribution in [0.15, 0.2) is 42.9 Å². The number of nitrogens with one attached hydrogen (secondary N) is 1. The highest BCUT2D eigenvalue weighted by atomic mass is 16.5. The van der Waals surface area contributed by atoms with Gasteiger partial charge < -0.3 is 15.0 Å². The van der Waals surface area contributed by atoms with Gasteiger partial charge in [0.25, 0.3) is 5.91 Å². The van der Waals surface area contributed by atoms with E-state index in [1.165, 1.54) is 0 Å². The Bertz CT molecular complexity index is 1290.